The predicted molar refractivity (Wildman–Crippen MR) is 37.2 cm³/mol. The number of carboxylic acid groups (broad SMARTS) is 1. The molecular formula is C7H10O4. The fourth-order valence-corrected chi connectivity index (χ4v) is 0.557. The molecule has 0 saturated heterocycles. The van der Waals surface area contributed by atoms with E-state index in [0.29, 0.717) is 0 Å². The number of ketones is 2. The Labute approximate surface area is 64.2 Å². The Bertz CT molecular complexity index is 183. The Morgan fingerprint density at radius 1 is 1.09 bits per heavy atom. The molecule has 0 aromatic rings. The molecule has 0 aromatic carbocycles. The Balaban J connectivity index is 3.70. The van der Waals surface area contributed by atoms with Crippen LogP contribution >= 0.6 is 0 Å². The number of hydrogen-bond donors (Lipinski definition) is 1. The molecule has 0 aliphatic carbocycles. The van der Waals surface area contributed by atoms with Gasteiger partial charge in [-0.1, -0.05) is 6.92 Å². The van der Waals surface area contributed by atoms with Gasteiger partial charge in [-0.3, -0.25) is 14.4 Å². The summed E-state index contributed by atoms with van der Waals surface area (Å²) in [6.45, 7) is 1.57. The Morgan fingerprint density at radius 3 is 2.00 bits per heavy atom. The molecule has 0 radical (unpaired) electrons. The molecule has 0 aliphatic rings. The number of carbonyl (C=O) groups excluding carboxylic acids is 2. The first-order valence-corrected chi connectivity index (χ1v) is 3.35. The smallest absolute Gasteiger partial charge is 0.303 e. The fourth-order valence-electron chi connectivity index (χ4n) is 0.557. The highest BCUT2D eigenvalue weighted by molar-refractivity contribution is 6.37. The molecule has 0 spiro atoms. The van der Waals surface area contributed by atoms with E-state index in [0.717, 1.165) is 0 Å². The first-order valence-electron chi connectivity index (χ1n) is 3.35. The maximum absolute atomic E-state index is 10.7. The lowest BCUT2D eigenvalue weighted by molar-refractivity contribution is -0.140. The summed E-state index contributed by atoms with van der Waals surface area (Å²) in [7, 11) is 0. The van der Waals surface area contributed by atoms with Gasteiger partial charge in [-0.2, -0.15) is 0 Å². The van der Waals surface area contributed by atoms with Gasteiger partial charge in [-0.15, -0.1) is 0 Å². The van der Waals surface area contributed by atoms with Gasteiger partial charge in [0.05, 0.1) is 6.42 Å². The fraction of sp³-hybridized carbons (Fsp3) is 0.571. The maximum atomic E-state index is 10.7. The number of carboxylic acids is 1. The van der Waals surface area contributed by atoms with Crippen LogP contribution < -0.4 is 0 Å². The molecule has 0 bridgehead atoms. The Morgan fingerprint density at radius 2 is 1.64 bits per heavy atom. The summed E-state index contributed by atoms with van der Waals surface area (Å²) in [5.74, 6) is -2.14. The second-order valence-electron chi connectivity index (χ2n) is 2.09. The van der Waals surface area contributed by atoms with Crippen molar-refractivity contribution >= 4 is 17.5 Å². The summed E-state index contributed by atoms with van der Waals surface area (Å²) >= 11 is 0. The van der Waals surface area contributed by atoms with Crippen molar-refractivity contribution in [3.05, 3.63) is 0 Å². The van der Waals surface area contributed by atoms with Crippen LogP contribution in [-0.4, -0.2) is 22.6 Å². The average molecular weight is 158 g/mol. The zero-order valence-electron chi connectivity index (χ0n) is 6.29. The largest absolute Gasteiger partial charge is 0.481 e. The lowest BCUT2D eigenvalue weighted by Gasteiger charge is -1.92. The van der Waals surface area contributed by atoms with E-state index in [-0.39, 0.29) is 19.3 Å². The zero-order valence-corrected chi connectivity index (χ0v) is 6.29. The molecule has 4 heteroatoms. The number of hydrogen-bond acceptors (Lipinski definition) is 3. The van der Waals surface area contributed by atoms with Gasteiger partial charge in [0.2, 0.25) is 0 Å². The first kappa shape index (κ1) is 9.81. The van der Waals surface area contributed by atoms with Crippen molar-refractivity contribution in [3.63, 3.8) is 0 Å². The second kappa shape index (κ2) is 4.60. The van der Waals surface area contributed by atoms with Gasteiger partial charge >= 0.3 is 5.97 Å². The van der Waals surface area contributed by atoms with E-state index in [9.17, 15) is 14.4 Å². The van der Waals surface area contributed by atoms with Crippen molar-refractivity contribution in [3.8, 4) is 0 Å². The highest BCUT2D eigenvalue weighted by Crippen LogP contribution is 1.94. The van der Waals surface area contributed by atoms with E-state index in [1.807, 2.05) is 0 Å². The summed E-state index contributed by atoms with van der Waals surface area (Å²) < 4.78 is 0. The summed E-state index contributed by atoms with van der Waals surface area (Å²) in [5, 5.41) is 8.15. The van der Waals surface area contributed by atoms with Crippen molar-refractivity contribution in [2.24, 2.45) is 0 Å². The van der Waals surface area contributed by atoms with Crippen LogP contribution in [0.15, 0.2) is 0 Å². The van der Waals surface area contributed by atoms with Crippen molar-refractivity contribution in [2.45, 2.75) is 26.2 Å². The number of carbonyl (C=O) groups is 3. The van der Waals surface area contributed by atoms with Gasteiger partial charge in [0.25, 0.3) is 0 Å². The van der Waals surface area contributed by atoms with E-state index in [4.69, 9.17) is 5.11 Å². The number of Topliss-reactive ketones (excluding diaryl/α,β-unsaturated/α-hetero) is 2. The van der Waals surface area contributed by atoms with E-state index in [2.05, 4.69) is 0 Å². The molecule has 1 N–H and O–H groups in total. The molecule has 0 atom stereocenters. The van der Waals surface area contributed by atoms with Crippen molar-refractivity contribution < 1.29 is 19.5 Å². The molecule has 0 aromatic heterocycles. The van der Waals surface area contributed by atoms with E-state index in [1.54, 1.807) is 6.92 Å². The minimum absolute atomic E-state index is 0.151. The maximum Gasteiger partial charge on any atom is 0.303 e. The Hall–Kier alpha value is -1.19. The third-order valence-corrected chi connectivity index (χ3v) is 1.20. The zero-order chi connectivity index (χ0) is 8.85. The normalized spacial score (nSPS) is 9.18. The first-order chi connectivity index (χ1) is 5.07. The quantitative estimate of drug-likeness (QED) is 0.588. The summed E-state index contributed by atoms with van der Waals surface area (Å²) in [6.07, 6.45) is -0.287. The van der Waals surface area contributed by atoms with Crippen LogP contribution in [-0.2, 0) is 14.4 Å². The third-order valence-electron chi connectivity index (χ3n) is 1.20. The van der Waals surface area contributed by atoms with Gasteiger partial charge < -0.3 is 5.11 Å². The average Bonchev–Trinajstić information content (AvgIpc) is 1.98. The van der Waals surface area contributed by atoms with E-state index < -0.39 is 17.5 Å². The van der Waals surface area contributed by atoms with Crippen LogP contribution in [0.25, 0.3) is 0 Å². The van der Waals surface area contributed by atoms with E-state index >= 15 is 0 Å². The highest BCUT2D eigenvalue weighted by atomic mass is 16.4. The predicted octanol–water partition coefficient (Wildman–Crippen LogP) is 0.399. The minimum Gasteiger partial charge on any atom is -0.481 e. The molecule has 11 heavy (non-hydrogen) atoms. The van der Waals surface area contributed by atoms with Crippen molar-refractivity contribution in [2.75, 3.05) is 0 Å². The van der Waals surface area contributed by atoms with Gasteiger partial charge in [0.1, 0.15) is 0 Å². The summed E-state index contributed by atoms with van der Waals surface area (Å²) in [4.78, 5) is 31.2. The van der Waals surface area contributed by atoms with Crippen molar-refractivity contribution in [1.82, 2.24) is 0 Å². The van der Waals surface area contributed by atoms with Gasteiger partial charge in [-0.25, -0.2) is 0 Å². The molecule has 0 rings (SSSR count). The van der Waals surface area contributed by atoms with Crippen LogP contribution in [0.3, 0.4) is 0 Å². The van der Waals surface area contributed by atoms with Gasteiger partial charge in [0, 0.05) is 12.8 Å². The molecule has 0 fully saturated rings. The number of rotatable bonds is 5. The Kier molecular flexibility index (Phi) is 4.10. The highest BCUT2D eigenvalue weighted by Gasteiger charge is 2.11. The molecular weight excluding hydrogens is 148 g/mol. The number of aliphatic carboxylic acids is 1. The van der Waals surface area contributed by atoms with Crippen LogP contribution in [0.5, 0.6) is 0 Å². The lowest BCUT2D eigenvalue weighted by Crippen LogP contribution is -2.13. The molecule has 4 nitrogen and oxygen atoms in total. The molecule has 0 unspecified atom stereocenters. The van der Waals surface area contributed by atoms with Crippen LogP contribution in [0.4, 0.5) is 0 Å². The summed E-state index contributed by atoms with van der Waals surface area (Å²) in [5.41, 5.74) is 0. The van der Waals surface area contributed by atoms with Crippen molar-refractivity contribution in [1.29, 1.82) is 0 Å². The standard InChI is InChI=1S/C7H10O4/c1-2-5(8)6(9)3-4-7(10)11/h2-4H2,1H3,(H,10,11). The van der Waals surface area contributed by atoms with E-state index in [1.165, 1.54) is 0 Å². The molecule has 0 aliphatic heterocycles. The van der Waals surface area contributed by atoms with Gasteiger partial charge in [-0.05, 0) is 0 Å². The lowest BCUT2D eigenvalue weighted by atomic mass is 10.1. The minimum atomic E-state index is -1.05. The summed E-state index contributed by atoms with van der Waals surface area (Å²) in [6, 6.07) is 0. The van der Waals surface area contributed by atoms with Crippen LogP contribution in [0.2, 0.25) is 0 Å². The topological polar surface area (TPSA) is 71.4 Å². The monoisotopic (exact) mass is 158 g/mol. The van der Waals surface area contributed by atoms with Gasteiger partial charge in [0.15, 0.2) is 11.6 Å². The molecule has 0 saturated carbocycles. The molecule has 0 heterocycles. The molecule has 62 valence electrons. The second-order valence-corrected chi connectivity index (χ2v) is 2.09. The van der Waals surface area contributed by atoms with Crippen LogP contribution in [0.1, 0.15) is 26.2 Å². The van der Waals surface area contributed by atoms with Crippen LogP contribution in [0, 0.1) is 0 Å². The third kappa shape index (κ3) is 4.25. The SMILES string of the molecule is CCC(=O)C(=O)CCC(=O)O. The molecule has 0 amide bonds.